The standard InChI is InChI=1S/C15H24O/c1-5-6-7-8-9-14-11-15(16-4)13(3)10-12(14)2/h10-11H,5-9H2,1-4H3. The molecule has 0 radical (unpaired) electrons. The molecule has 0 saturated heterocycles. The van der Waals surface area contributed by atoms with Crippen LogP contribution in [0.25, 0.3) is 0 Å². The molecule has 0 aromatic heterocycles. The summed E-state index contributed by atoms with van der Waals surface area (Å²) < 4.78 is 5.37. The largest absolute Gasteiger partial charge is 0.496 e. The van der Waals surface area contributed by atoms with Crippen LogP contribution in [0.3, 0.4) is 0 Å². The van der Waals surface area contributed by atoms with Crippen LogP contribution in [0.1, 0.15) is 49.3 Å². The molecule has 1 aromatic rings. The minimum Gasteiger partial charge on any atom is -0.496 e. The second-order valence-electron chi connectivity index (χ2n) is 4.56. The van der Waals surface area contributed by atoms with Gasteiger partial charge in [0.1, 0.15) is 5.75 Å². The third-order valence-corrected chi connectivity index (χ3v) is 3.15. The van der Waals surface area contributed by atoms with Crippen LogP contribution >= 0.6 is 0 Å². The average molecular weight is 220 g/mol. The lowest BCUT2D eigenvalue weighted by Crippen LogP contribution is -1.95. The number of methoxy groups -OCH3 is 1. The Morgan fingerprint density at radius 2 is 1.75 bits per heavy atom. The highest BCUT2D eigenvalue weighted by Crippen LogP contribution is 2.23. The molecule has 90 valence electrons. The van der Waals surface area contributed by atoms with E-state index in [-0.39, 0.29) is 0 Å². The topological polar surface area (TPSA) is 9.23 Å². The highest BCUT2D eigenvalue weighted by molar-refractivity contribution is 5.41. The molecule has 0 saturated carbocycles. The molecule has 0 atom stereocenters. The number of rotatable bonds is 6. The van der Waals surface area contributed by atoms with Crippen LogP contribution in [0.2, 0.25) is 0 Å². The van der Waals surface area contributed by atoms with Gasteiger partial charge in [-0.15, -0.1) is 0 Å². The minimum absolute atomic E-state index is 1.02. The van der Waals surface area contributed by atoms with Crippen molar-refractivity contribution in [3.8, 4) is 5.75 Å². The van der Waals surface area contributed by atoms with Crippen LogP contribution in [0.15, 0.2) is 12.1 Å². The summed E-state index contributed by atoms with van der Waals surface area (Å²) in [6.07, 6.45) is 6.47. The summed E-state index contributed by atoms with van der Waals surface area (Å²) in [6.45, 7) is 6.55. The predicted molar refractivity (Wildman–Crippen MR) is 70.3 cm³/mol. The lowest BCUT2D eigenvalue weighted by atomic mass is 9.99. The lowest BCUT2D eigenvalue weighted by Gasteiger charge is -2.11. The number of hydrogen-bond donors (Lipinski definition) is 0. The van der Waals surface area contributed by atoms with E-state index < -0.39 is 0 Å². The number of aryl methyl sites for hydroxylation is 3. The van der Waals surface area contributed by atoms with Gasteiger partial charge >= 0.3 is 0 Å². The number of benzene rings is 1. The maximum Gasteiger partial charge on any atom is 0.122 e. The summed E-state index contributed by atoms with van der Waals surface area (Å²) in [5, 5.41) is 0. The molecule has 1 aromatic carbocycles. The van der Waals surface area contributed by atoms with E-state index in [9.17, 15) is 0 Å². The van der Waals surface area contributed by atoms with Gasteiger partial charge in [0.25, 0.3) is 0 Å². The monoisotopic (exact) mass is 220 g/mol. The average Bonchev–Trinajstić information content (AvgIpc) is 2.27. The Kier molecular flexibility index (Phi) is 5.37. The number of ether oxygens (including phenoxy) is 1. The smallest absolute Gasteiger partial charge is 0.122 e. The highest BCUT2D eigenvalue weighted by atomic mass is 16.5. The van der Waals surface area contributed by atoms with Crippen LogP contribution in [-0.2, 0) is 6.42 Å². The molecular formula is C15H24O. The highest BCUT2D eigenvalue weighted by Gasteiger charge is 2.04. The van der Waals surface area contributed by atoms with Gasteiger partial charge in [0.15, 0.2) is 0 Å². The van der Waals surface area contributed by atoms with E-state index in [4.69, 9.17) is 4.74 Å². The zero-order valence-corrected chi connectivity index (χ0v) is 11.1. The van der Waals surface area contributed by atoms with Crippen molar-refractivity contribution in [2.75, 3.05) is 7.11 Å². The summed E-state index contributed by atoms with van der Waals surface area (Å²) in [4.78, 5) is 0. The molecule has 0 fully saturated rings. The van der Waals surface area contributed by atoms with Gasteiger partial charge in [-0.1, -0.05) is 32.3 Å². The molecule has 1 heteroatoms. The molecule has 0 aliphatic rings. The molecule has 0 N–H and O–H groups in total. The molecular weight excluding hydrogens is 196 g/mol. The number of unbranched alkanes of at least 4 members (excludes halogenated alkanes) is 3. The maximum absolute atomic E-state index is 5.37. The van der Waals surface area contributed by atoms with Crippen LogP contribution in [0.5, 0.6) is 5.75 Å². The van der Waals surface area contributed by atoms with E-state index in [1.54, 1.807) is 7.11 Å². The third-order valence-electron chi connectivity index (χ3n) is 3.15. The van der Waals surface area contributed by atoms with Crippen molar-refractivity contribution in [1.29, 1.82) is 0 Å². The normalized spacial score (nSPS) is 10.5. The van der Waals surface area contributed by atoms with E-state index in [2.05, 4.69) is 32.9 Å². The fourth-order valence-electron chi connectivity index (χ4n) is 2.11. The van der Waals surface area contributed by atoms with Gasteiger partial charge in [-0.2, -0.15) is 0 Å². The second kappa shape index (κ2) is 6.57. The first-order chi connectivity index (χ1) is 7.69. The van der Waals surface area contributed by atoms with E-state index >= 15 is 0 Å². The Balaban J connectivity index is 2.64. The summed E-state index contributed by atoms with van der Waals surface area (Å²) in [6, 6.07) is 4.44. The Morgan fingerprint density at radius 1 is 1.00 bits per heavy atom. The Labute approximate surface area is 99.8 Å². The van der Waals surface area contributed by atoms with Gasteiger partial charge in [-0.3, -0.25) is 0 Å². The fraction of sp³-hybridized carbons (Fsp3) is 0.600. The van der Waals surface area contributed by atoms with Crippen molar-refractivity contribution < 1.29 is 4.74 Å². The minimum atomic E-state index is 1.02. The molecule has 1 nitrogen and oxygen atoms in total. The van der Waals surface area contributed by atoms with Crippen molar-refractivity contribution in [2.45, 2.75) is 52.9 Å². The number of hydrogen-bond acceptors (Lipinski definition) is 1. The summed E-state index contributed by atoms with van der Waals surface area (Å²) in [5.74, 6) is 1.02. The zero-order valence-electron chi connectivity index (χ0n) is 11.1. The van der Waals surface area contributed by atoms with Gasteiger partial charge in [-0.25, -0.2) is 0 Å². The van der Waals surface area contributed by atoms with Crippen molar-refractivity contribution in [3.63, 3.8) is 0 Å². The summed E-state index contributed by atoms with van der Waals surface area (Å²) in [7, 11) is 1.75. The SMILES string of the molecule is CCCCCCc1cc(OC)c(C)cc1C. The molecule has 0 unspecified atom stereocenters. The molecule has 0 amide bonds. The zero-order chi connectivity index (χ0) is 12.0. The van der Waals surface area contributed by atoms with Gasteiger partial charge in [-0.05, 0) is 49.4 Å². The molecule has 0 aliphatic carbocycles. The molecule has 0 bridgehead atoms. The first-order valence-corrected chi connectivity index (χ1v) is 6.33. The molecule has 0 spiro atoms. The first-order valence-electron chi connectivity index (χ1n) is 6.33. The molecule has 0 aliphatic heterocycles. The van der Waals surface area contributed by atoms with Gasteiger partial charge in [0.05, 0.1) is 7.11 Å². The Bertz CT molecular complexity index is 328. The Morgan fingerprint density at radius 3 is 2.38 bits per heavy atom. The van der Waals surface area contributed by atoms with Crippen molar-refractivity contribution in [1.82, 2.24) is 0 Å². The third kappa shape index (κ3) is 3.55. The van der Waals surface area contributed by atoms with Crippen molar-refractivity contribution in [2.24, 2.45) is 0 Å². The van der Waals surface area contributed by atoms with Gasteiger partial charge < -0.3 is 4.74 Å². The quantitative estimate of drug-likeness (QED) is 0.644. The van der Waals surface area contributed by atoms with E-state index in [1.165, 1.54) is 48.8 Å². The van der Waals surface area contributed by atoms with Crippen molar-refractivity contribution >= 4 is 0 Å². The lowest BCUT2D eigenvalue weighted by molar-refractivity contribution is 0.411. The fourth-order valence-corrected chi connectivity index (χ4v) is 2.11. The van der Waals surface area contributed by atoms with Crippen LogP contribution in [0.4, 0.5) is 0 Å². The predicted octanol–water partition coefficient (Wildman–Crippen LogP) is 4.43. The molecule has 1 rings (SSSR count). The summed E-state index contributed by atoms with van der Waals surface area (Å²) in [5.41, 5.74) is 4.07. The van der Waals surface area contributed by atoms with Crippen molar-refractivity contribution in [3.05, 3.63) is 28.8 Å². The van der Waals surface area contributed by atoms with Gasteiger partial charge in [0.2, 0.25) is 0 Å². The first kappa shape index (κ1) is 13.1. The summed E-state index contributed by atoms with van der Waals surface area (Å²) >= 11 is 0. The van der Waals surface area contributed by atoms with E-state index in [0.717, 1.165) is 5.75 Å². The maximum atomic E-state index is 5.37. The Hall–Kier alpha value is -0.980. The van der Waals surface area contributed by atoms with Gasteiger partial charge in [0, 0.05) is 0 Å². The van der Waals surface area contributed by atoms with E-state index in [1.807, 2.05) is 0 Å². The molecule has 0 heterocycles. The molecule has 16 heavy (non-hydrogen) atoms. The van der Waals surface area contributed by atoms with E-state index in [0.29, 0.717) is 0 Å². The van der Waals surface area contributed by atoms with Crippen LogP contribution in [-0.4, -0.2) is 7.11 Å². The van der Waals surface area contributed by atoms with Crippen LogP contribution < -0.4 is 4.74 Å². The second-order valence-corrected chi connectivity index (χ2v) is 4.56. The van der Waals surface area contributed by atoms with Crippen LogP contribution in [0, 0.1) is 13.8 Å².